The molecular weight excluding hydrogens is 318 g/mol. The van der Waals surface area contributed by atoms with E-state index in [1.165, 1.54) is 0 Å². The molecule has 0 saturated carbocycles. The summed E-state index contributed by atoms with van der Waals surface area (Å²) < 4.78 is 5.46. The smallest absolute Gasteiger partial charge is 0.319 e. The van der Waals surface area contributed by atoms with Crippen LogP contribution in [0.3, 0.4) is 0 Å². The molecule has 138 valence electrons. The fraction of sp³-hybridized carbons (Fsp3) is 0.579. The van der Waals surface area contributed by atoms with Crippen molar-refractivity contribution in [2.75, 3.05) is 38.2 Å². The molecule has 0 aliphatic carbocycles. The van der Waals surface area contributed by atoms with Crippen LogP contribution in [0.5, 0.6) is 0 Å². The van der Waals surface area contributed by atoms with Gasteiger partial charge in [0.1, 0.15) is 0 Å². The Morgan fingerprint density at radius 3 is 2.68 bits per heavy atom. The topological polar surface area (TPSA) is 70.7 Å². The second kappa shape index (κ2) is 10.0. The first-order valence-corrected chi connectivity index (χ1v) is 9.08. The van der Waals surface area contributed by atoms with Gasteiger partial charge in [0.05, 0.1) is 6.61 Å². The summed E-state index contributed by atoms with van der Waals surface area (Å²) in [6.07, 6.45) is 3.14. The van der Waals surface area contributed by atoms with Crippen LogP contribution >= 0.6 is 0 Å². The van der Waals surface area contributed by atoms with Crippen molar-refractivity contribution in [3.63, 3.8) is 0 Å². The molecule has 2 N–H and O–H groups in total. The van der Waals surface area contributed by atoms with E-state index in [1.54, 1.807) is 24.3 Å². The first kappa shape index (κ1) is 19.2. The lowest BCUT2D eigenvalue weighted by Gasteiger charge is -2.16. The van der Waals surface area contributed by atoms with Gasteiger partial charge in [-0.05, 0) is 43.4 Å². The molecule has 0 spiro atoms. The molecular formula is C19H29N3O3. The maximum atomic E-state index is 12.4. The van der Waals surface area contributed by atoms with Gasteiger partial charge in [0, 0.05) is 37.5 Å². The van der Waals surface area contributed by atoms with Crippen molar-refractivity contribution in [3.05, 3.63) is 29.8 Å². The van der Waals surface area contributed by atoms with E-state index < -0.39 is 0 Å². The molecule has 25 heavy (non-hydrogen) atoms. The third-order valence-electron chi connectivity index (χ3n) is 4.13. The zero-order valence-electron chi connectivity index (χ0n) is 15.2. The summed E-state index contributed by atoms with van der Waals surface area (Å²) >= 11 is 0. The monoisotopic (exact) mass is 347 g/mol. The Morgan fingerprint density at radius 2 is 1.96 bits per heavy atom. The first-order chi connectivity index (χ1) is 12.1. The number of rotatable bonds is 8. The van der Waals surface area contributed by atoms with Crippen LogP contribution in [0.2, 0.25) is 0 Å². The fourth-order valence-electron chi connectivity index (χ4n) is 2.67. The Bertz CT molecular complexity index is 569. The Hall–Kier alpha value is -2.08. The molecule has 1 aromatic carbocycles. The van der Waals surface area contributed by atoms with Crippen LogP contribution in [-0.2, 0) is 4.74 Å². The third kappa shape index (κ3) is 6.74. The number of ether oxygens (including phenoxy) is 1. The molecule has 0 aromatic heterocycles. The summed E-state index contributed by atoms with van der Waals surface area (Å²) in [4.78, 5) is 26.2. The molecule has 3 amide bonds. The van der Waals surface area contributed by atoms with E-state index in [9.17, 15) is 9.59 Å². The van der Waals surface area contributed by atoms with Crippen molar-refractivity contribution in [2.45, 2.75) is 33.1 Å². The molecule has 6 heteroatoms. The third-order valence-corrected chi connectivity index (χ3v) is 4.13. The molecule has 0 unspecified atom stereocenters. The number of carbonyl (C=O) groups is 2. The number of urea groups is 1. The number of amides is 3. The van der Waals surface area contributed by atoms with Crippen LogP contribution in [0, 0.1) is 5.92 Å². The van der Waals surface area contributed by atoms with Crippen LogP contribution < -0.4 is 10.6 Å². The number of nitrogens with zero attached hydrogens (tertiary/aromatic N) is 1. The molecule has 1 aromatic rings. The van der Waals surface area contributed by atoms with Gasteiger partial charge in [-0.25, -0.2) is 4.79 Å². The van der Waals surface area contributed by atoms with Gasteiger partial charge < -0.3 is 20.3 Å². The van der Waals surface area contributed by atoms with E-state index >= 15 is 0 Å². The predicted octanol–water partition coefficient (Wildman–Crippen LogP) is 3.11. The molecule has 0 bridgehead atoms. The van der Waals surface area contributed by atoms with Gasteiger partial charge in [0.2, 0.25) is 0 Å². The highest BCUT2D eigenvalue weighted by molar-refractivity contribution is 5.97. The van der Waals surface area contributed by atoms with E-state index in [0.717, 1.165) is 32.4 Å². The molecule has 0 atom stereocenters. The standard InChI is InChI=1S/C19H29N3O3/c1-15(2)8-12-25-13-9-20-19(24)21-17-7-5-6-16(14-17)18(23)22-10-3-4-11-22/h5-7,14-15H,3-4,8-13H2,1-2H3,(H2,20,21,24). The first-order valence-electron chi connectivity index (χ1n) is 9.08. The SMILES string of the molecule is CC(C)CCOCCNC(=O)Nc1cccc(C(=O)N2CCCC2)c1. The Kier molecular flexibility index (Phi) is 7.73. The maximum absolute atomic E-state index is 12.4. The average molecular weight is 347 g/mol. The zero-order valence-corrected chi connectivity index (χ0v) is 15.2. The van der Waals surface area contributed by atoms with Crippen molar-refractivity contribution in [1.29, 1.82) is 0 Å². The van der Waals surface area contributed by atoms with Gasteiger partial charge in [-0.1, -0.05) is 19.9 Å². The van der Waals surface area contributed by atoms with Gasteiger partial charge in [0.25, 0.3) is 5.91 Å². The molecule has 2 rings (SSSR count). The van der Waals surface area contributed by atoms with Crippen molar-refractivity contribution >= 4 is 17.6 Å². The summed E-state index contributed by atoms with van der Waals surface area (Å²) in [5.74, 6) is 0.645. The number of benzene rings is 1. The average Bonchev–Trinajstić information content (AvgIpc) is 3.12. The molecule has 1 aliphatic heterocycles. The number of likely N-dealkylation sites (tertiary alicyclic amines) is 1. The van der Waals surface area contributed by atoms with Crippen molar-refractivity contribution in [1.82, 2.24) is 10.2 Å². The predicted molar refractivity (Wildman–Crippen MR) is 98.9 cm³/mol. The van der Waals surface area contributed by atoms with E-state index in [0.29, 0.717) is 36.9 Å². The number of nitrogens with one attached hydrogen (secondary N) is 2. The molecule has 1 fully saturated rings. The van der Waals surface area contributed by atoms with Crippen LogP contribution in [0.25, 0.3) is 0 Å². The van der Waals surface area contributed by atoms with E-state index in [4.69, 9.17) is 4.74 Å². The van der Waals surface area contributed by atoms with Gasteiger partial charge in [0.15, 0.2) is 0 Å². The molecule has 1 heterocycles. The zero-order chi connectivity index (χ0) is 18.1. The second-order valence-electron chi connectivity index (χ2n) is 6.76. The lowest BCUT2D eigenvalue weighted by atomic mass is 10.1. The van der Waals surface area contributed by atoms with Crippen molar-refractivity contribution in [2.24, 2.45) is 5.92 Å². The van der Waals surface area contributed by atoms with E-state index in [1.807, 2.05) is 4.90 Å². The summed E-state index contributed by atoms with van der Waals surface area (Å²) in [6.45, 7) is 7.59. The minimum absolute atomic E-state index is 0.0279. The van der Waals surface area contributed by atoms with Gasteiger partial charge in [-0.3, -0.25) is 4.79 Å². The van der Waals surface area contributed by atoms with Gasteiger partial charge in [-0.2, -0.15) is 0 Å². The lowest BCUT2D eigenvalue weighted by molar-refractivity contribution is 0.0793. The number of hydrogen-bond donors (Lipinski definition) is 2. The summed E-state index contributed by atoms with van der Waals surface area (Å²) in [5.41, 5.74) is 1.22. The molecule has 0 radical (unpaired) electrons. The minimum Gasteiger partial charge on any atom is -0.380 e. The summed E-state index contributed by atoms with van der Waals surface area (Å²) in [7, 11) is 0. The van der Waals surface area contributed by atoms with Crippen LogP contribution in [0.1, 0.15) is 43.5 Å². The quantitative estimate of drug-likeness (QED) is 0.710. The Balaban J connectivity index is 1.73. The Morgan fingerprint density at radius 1 is 1.20 bits per heavy atom. The normalized spacial score (nSPS) is 14.0. The van der Waals surface area contributed by atoms with E-state index in [-0.39, 0.29) is 11.9 Å². The fourth-order valence-corrected chi connectivity index (χ4v) is 2.67. The van der Waals surface area contributed by atoms with Gasteiger partial charge >= 0.3 is 6.03 Å². The summed E-state index contributed by atoms with van der Waals surface area (Å²) in [5, 5.41) is 5.51. The van der Waals surface area contributed by atoms with Crippen LogP contribution in [-0.4, -0.2) is 49.7 Å². The van der Waals surface area contributed by atoms with Crippen molar-refractivity contribution in [3.8, 4) is 0 Å². The largest absolute Gasteiger partial charge is 0.380 e. The highest BCUT2D eigenvalue weighted by atomic mass is 16.5. The number of carbonyl (C=O) groups excluding carboxylic acids is 2. The minimum atomic E-state index is -0.293. The van der Waals surface area contributed by atoms with Gasteiger partial charge in [-0.15, -0.1) is 0 Å². The lowest BCUT2D eigenvalue weighted by Crippen LogP contribution is -2.32. The molecule has 1 aliphatic rings. The number of hydrogen-bond acceptors (Lipinski definition) is 3. The summed E-state index contributed by atoms with van der Waals surface area (Å²) in [6, 6.07) is 6.78. The maximum Gasteiger partial charge on any atom is 0.319 e. The highest BCUT2D eigenvalue weighted by Gasteiger charge is 2.19. The van der Waals surface area contributed by atoms with Crippen molar-refractivity contribution < 1.29 is 14.3 Å². The number of anilines is 1. The van der Waals surface area contributed by atoms with E-state index in [2.05, 4.69) is 24.5 Å². The Labute approximate surface area is 149 Å². The molecule has 1 saturated heterocycles. The molecule has 6 nitrogen and oxygen atoms in total. The van der Waals surface area contributed by atoms with Crippen LogP contribution in [0.4, 0.5) is 10.5 Å². The van der Waals surface area contributed by atoms with Crippen LogP contribution in [0.15, 0.2) is 24.3 Å². The highest BCUT2D eigenvalue weighted by Crippen LogP contribution is 2.16. The second-order valence-corrected chi connectivity index (χ2v) is 6.76.